The van der Waals surface area contributed by atoms with Crippen LogP contribution in [0.1, 0.15) is 37.7 Å². The highest BCUT2D eigenvalue weighted by molar-refractivity contribution is 7.89. The maximum atomic E-state index is 13.7. The molecule has 1 heterocycles. The number of ether oxygens (including phenoxy) is 2. The van der Waals surface area contributed by atoms with Crippen LogP contribution in [0.3, 0.4) is 0 Å². The van der Waals surface area contributed by atoms with Gasteiger partial charge in [-0.3, -0.25) is 14.4 Å². The second kappa shape index (κ2) is 13.3. The molecule has 1 aliphatic heterocycles. The Labute approximate surface area is 239 Å². The van der Waals surface area contributed by atoms with E-state index in [1.54, 1.807) is 30.3 Å². The molecule has 0 radical (unpaired) electrons. The van der Waals surface area contributed by atoms with Crippen molar-refractivity contribution < 1.29 is 42.2 Å². The van der Waals surface area contributed by atoms with Crippen molar-refractivity contribution in [3.05, 3.63) is 60.2 Å². The number of methoxy groups -OCH3 is 1. The zero-order valence-electron chi connectivity index (χ0n) is 22.8. The van der Waals surface area contributed by atoms with Crippen LogP contribution in [0, 0.1) is 5.92 Å². The van der Waals surface area contributed by atoms with Crippen molar-refractivity contribution in [1.82, 2.24) is 9.21 Å². The highest BCUT2D eigenvalue weighted by Crippen LogP contribution is 2.29. The van der Waals surface area contributed by atoms with E-state index in [9.17, 15) is 32.7 Å². The highest BCUT2D eigenvalue weighted by atomic mass is 32.2. The summed E-state index contributed by atoms with van der Waals surface area (Å²) in [7, 11) is -3.12. The Balaban J connectivity index is 1.68. The fourth-order valence-electron chi connectivity index (χ4n) is 5.39. The SMILES string of the molecule is COc1ccc(S(=O)(=O)N(CC2CCCC2)C(=O)C(=O)C(=O)[C@@H](Cc2ccccc2)N(C(=O)[O-])[C@H]2CCOC2)cc1. The largest absolute Gasteiger partial charge is 0.530 e. The number of rotatable bonds is 12. The molecule has 12 heteroatoms. The first-order valence-electron chi connectivity index (χ1n) is 13.5. The third-order valence-corrected chi connectivity index (χ3v) is 9.37. The topological polar surface area (TPSA) is 150 Å². The molecule has 0 bridgehead atoms. The van der Waals surface area contributed by atoms with Crippen LogP contribution in [0.5, 0.6) is 5.75 Å². The van der Waals surface area contributed by atoms with E-state index in [0.717, 1.165) is 17.7 Å². The molecular formula is C29H33N2O9S-. The van der Waals surface area contributed by atoms with Gasteiger partial charge in [-0.2, -0.15) is 0 Å². The molecule has 2 atom stereocenters. The molecule has 4 rings (SSSR count). The minimum Gasteiger partial charge on any atom is -0.530 e. The Kier molecular flexibility index (Phi) is 9.77. The number of carboxylic acid groups (broad SMARTS) is 1. The molecule has 11 nitrogen and oxygen atoms in total. The summed E-state index contributed by atoms with van der Waals surface area (Å²) in [4.78, 5) is 53.6. The molecule has 1 saturated heterocycles. The predicted octanol–water partition coefficient (Wildman–Crippen LogP) is 1.59. The maximum Gasteiger partial charge on any atom is 0.311 e. The average Bonchev–Trinajstić information content (AvgIpc) is 3.70. The van der Waals surface area contributed by atoms with Crippen molar-refractivity contribution in [3.8, 4) is 5.75 Å². The fraction of sp³-hybridized carbons (Fsp3) is 0.448. The average molecular weight is 586 g/mol. The standard InChI is InChI=1S/C29H34N2O9S/c1-39-23-11-13-24(14-12-23)41(37,38)30(18-21-9-5-6-10-21)28(34)27(33)26(32)25(17-20-7-3-2-4-8-20)31(29(35)36)22-15-16-40-19-22/h2-4,7-8,11-14,21-22,25H,5-6,9-10,15-19H2,1H3,(H,35,36)/p-1/t22-,25+/m0/s1. The van der Waals surface area contributed by atoms with Gasteiger partial charge in [0.15, 0.2) is 0 Å². The first-order chi connectivity index (χ1) is 19.6. The van der Waals surface area contributed by atoms with E-state index in [0.29, 0.717) is 28.5 Å². The van der Waals surface area contributed by atoms with Crippen LogP contribution >= 0.6 is 0 Å². The summed E-state index contributed by atoms with van der Waals surface area (Å²) >= 11 is 0. The van der Waals surface area contributed by atoms with Gasteiger partial charge in [-0.25, -0.2) is 12.7 Å². The Bertz CT molecular complexity index is 1350. The van der Waals surface area contributed by atoms with Gasteiger partial charge in [0.05, 0.1) is 24.7 Å². The third kappa shape index (κ3) is 6.94. The predicted molar refractivity (Wildman–Crippen MR) is 144 cm³/mol. The number of amides is 2. The molecule has 1 saturated carbocycles. The third-order valence-electron chi connectivity index (χ3n) is 7.61. The molecule has 41 heavy (non-hydrogen) atoms. The number of Topliss-reactive ketones (excluding diaryl/α,β-unsaturated/α-hetero) is 2. The van der Waals surface area contributed by atoms with E-state index < -0.39 is 45.7 Å². The van der Waals surface area contributed by atoms with E-state index in [1.165, 1.54) is 31.4 Å². The Morgan fingerprint density at radius 2 is 1.66 bits per heavy atom. The summed E-state index contributed by atoms with van der Waals surface area (Å²) in [5, 5.41) is 12.3. The lowest BCUT2D eigenvalue weighted by Crippen LogP contribution is -2.59. The highest BCUT2D eigenvalue weighted by Gasteiger charge is 2.43. The van der Waals surface area contributed by atoms with Gasteiger partial charge in [0.25, 0.3) is 15.8 Å². The Morgan fingerprint density at radius 1 is 1.00 bits per heavy atom. The van der Waals surface area contributed by atoms with Crippen LogP contribution in [0.15, 0.2) is 59.5 Å². The van der Waals surface area contributed by atoms with Crippen molar-refractivity contribution in [1.29, 1.82) is 0 Å². The monoisotopic (exact) mass is 585 g/mol. The number of ketones is 2. The van der Waals surface area contributed by atoms with Crippen molar-refractivity contribution in [2.75, 3.05) is 26.9 Å². The van der Waals surface area contributed by atoms with Gasteiger partial charge in [-0.05, 0) is 55.0 Å². The van der Waals surface area contributed by atoms with Crippen molar-refractivity contribution in [3.63, 3.8) is 0 Å². The molecule has 1 aliphatic carbocycles. The molecule has 0 spiro atoms. The second-order valence-corrected chi connectivity index (χ2v) is 12.1. The zero-order chi connectivity index (χ0) is 29.6. The number of sulfonamides is 1. The summed E-state index contributed by atoms with van der Waals surface area (Å²) in [6, 6.07) is 11.4. The summed E-state index contributed by atoms with van der Waals surface area (Å²) in [6.45, 7) is -0.0204. The number of nitrogens with zero attached hydrogens (tertiary/aromatic N) is 2. The van der Waals surface area contributed by atoms with Gasteiger partial charge in [-0.1, -0.05) is 43.2 Å². The zero-order valence-corrected chi connectivity index (χ0v) is 23.6. The molecule has 2 aromatic rings. The summed E-state index contributed by atoms with van der Waals surface area (Å²) in [6.07, 6.45) is 1.41. The molecule has 0 N–H and O–H groups in total. The lowest BCUT2D eigenvalue weighted by atomic mass is 9.96. The number of hydrogen-bond donors (Lipinski definition) is 0. The minimum absolute atomic E-state index is 0.00561. The molecule has 2 amide bonds. The molecule has 220 valence electrons. The van der Waals surface area contributed by atoms with E-state index in [2.05, 4.69) is 0 Å². The van der Waals surface area contributed by atoms with Crippen LogP contribution in [0.2, 0.25) is 0 Å². The molecular weight excluding hydrogens is 552 g/mol. The lowest BCUT2D eigenvalue weighted by molar-refractivity contribution is -0.270. The van der Waals surface area contributed by atoms with E-state index in [-0.39, 0.29) is 43.4 Å². The first-order valence-corrected chi connectivity index (χ1v) is 15.0. The van der Waals surface area contributed by atoms with Gasteiger partial charge in [0.1, 0.15) is 17.9 Å². The van der Waals surface area contributed by atoms with Crippen LogP contribution in [0.4, 0.5) is 4.79 Å². The fourth-order valence-corrected chi connectivity index (χ4v) is 6.83. The molecule has 0 aromatic heterocycles. The molecule has 2 aromatic carbocycles. The lowest BCUT2D eigenvalue weighted by Gasteiger charge is -2.37. The van der Waals surface area contributed by atoms with Gasteiger partial charge < -0.3 is 24.3 Å². The molecule has 2 aliphatic rings. The smallest absolute Gasteiger partial charge is 0.311 e. The normalized spacial score (nSPS) is 18.0. The Hall–Kier alpha value is -3.77. The number of hydrogen-bond acceptors (Lipinski definition) is 9. The van der Waals surface area contributed by atoms with Crippen LogP contribution in [0.25, 0.3) is 0 Å². The van der Waals surface area contributed by atoms with Crippen molar-refractivity contribution in [2.24, 2.45) is 5.92 Å². The van der Waals surface area contributed by atoms with Gasteiger partial charge in [-0.15, -0.1) is 0 Å². The van der Waals surface area contributed by atoms with Gasteiger partial charge in [0.2, 0.25) is 5.78 Å². The van der Waals surface area contributed by atoms with Crippen LogP contribution in [-0.4, -0.2) is 80.1 Å². The van der Waals surface area contributed by atoms with Crippen molar-refractivity contribution >= 4 is 33.6 Å². The van der Waals surface area contributed by atoms with E-state index in [1.807, 2.05) is 0 Å². The first kappa shape index (κ1) is 30.2. The summed E-state index contributed by atoms with van der Waals surface area (Å²) in [5.41, 5.74) is 0.546. The molecule has 2 fully saturated rings. The molecule has 0 unspecified atom stereocenters. The minimum atomic E-state index is -4.54. The van der Waals surface area contributed by atoms with Crippen molar-refractivity contribution in [2.45, 2.75) is 55.5 Å². The van der Waals surface area contributed by atoms with Gasteiger partial charge in [0, 0.05) is 19.6 Å². The quantitative estimate of drug-likeness (QED) is 0.267. The maximum absolute atomic E-state index is 13.7. The number of carbonyl (C=O) groups excluding carboxylic acids is 4. The summed E-state index contributed by atoms with van der Waals surface area (Å²) in [5.74, 6) is -4.23. The van der Waals surface area contributed by atoms with Crippen LogP contribution < -0.4 is 9.84 Å². The van der Waals surface area contributed by atoms with Gasteiger partial charge >= 0.3 is 5.91 Å². The second-order valence-electron chi connectivity index (χ2n) is 10.3. The van der Waals surface area contributed by atoms with Crippen LogP contribution in [-0.2, 0) is 35.6 Å². The van der Waals surface area contributed by atoms with E-state index in [4.69, 9.17) is 9.47 Å². The summed E-state index contributed by atoms with van der Waals surface area (Å²) < 4.78 is 38.2. The number of benzene rings is 2. The van der Waals surface area contributed by atoms with E-state index >= 15 is 0 Å². The number of carbonyl (C=O) groups is 4. The Morgan fingerprint density at radius 3 is 2.22 bits per heavy atom.